The Morgan fingerprint density at radius 3 is 2.81 bits per heavy atom. The largest absolute Gasteiger partial charge is 0.417 e. The van der Waals surface area contributed by atoms with Gasteiger partial charge >= 0.3 is 6.03 Å². The SMILES string of the molecule is CCCO[Si](C)(C)CCCN1CCNC1=O. The van der Waals surface area contributed by atoms with Crippen molar-refractivity contribution in [3.63, 3.8) is 0 Å². The number of urea groups is 1. The summed E-state index contributed by atoms with van der Waals surface area (Å²) in [4.78, 5) is 13.2. The molecule has 1 fully saturated rings. The predicted molar refractivity (Wildman–Crippen MR) is 68.1 cm³/mol. The molecule has 1 N–H and O–H groups in total. The number of carbonyl (C=O) groups is 1. The van der Waals surface area contributed by atoms with E-state index in [1.54, 1.807) is 0 Å². The fraction of sp³-hybridized carbons (Fsp3) is 0.909. The third-order valence-electron chi connectivity index (χ3n) is 2.85. The number of amides is 2. The number of hydrogen-bond acceptors (Lipinski definition) is 2. The Morgan fingerprint density at radius 1 is 1.50 bits per heavy atom. The molecule has 5 heteroatoms. The summed E-state index contributed by atoms with van der Waals surface area (Å²) in [5.41, 5.74) is 0. The normalized spacial score (nSPS) is 16.7. The molecule has 0 aromatic rings. The van der Waals surface area contributed by atoms with E-state index in [2.05, 4.69) is 25.3 Å². The zero-order chi connectivity index (χ0) is 12.0. The van der Waals surface area contributed by atoms with E-state index in [4.69, 9.17) is 4.43 Å². The van der Waals surface area contributed by atoms with Crippen molar-refractivity contribution in [2.24, 2.45) is 0 Å². The maximum atomic E-state index is 11.3. The third kappa shape index (κ3) is 4.53. The second kappa shape index (κ2) is 6.25. The van der Waals surface area contributed by atoms with Gasteiger partial charge in [0.15, 0.2) is 8.32 Å². The van der Waals surface area contributed by atoms with Crippen LogP contribution < -0.4 is 5.32 Å². The summed E-state index contributed by atoms with van der Waals surface area (Å²) in [6.45, 7) is 10.1. The van der Waals surface area contributed by atoms with Gasteiger partial charge in [0, 0.05) is 26.2 Å². The summed E-state index contributed by atoms with van der Waals surface area (Å²) in [5, 5.41) is 2.82. The van der Waals surface area contributed by atoms with Crippen LogP contribution in [-0.2, 0) is 4.43 Å². The maximum Gasteiger partial charge on any atom is 0.317 e. The minimum Gasteiger partial charge on any atom is -0.417 e. The van der Waals surface area contributed by atoms with Crippen LogP contribution in [0.2, 0.25) is 19.1 Å². The summed E-state index contributed by atoms with van der Waals surface area (Å²) in [5.74, 6) is 0. The lowest BCUT2D eigenvalue weighted by Crippen LogP contribution is -2.34. The number of nitrogens with zero attached hydrogens (tertiary/aromatic N) is 1. The van der Waals surface area contributed by atoms with Gasteiger partial charge in [0.25, 0.3) is 0 Å². The Bertz CT molecular complexity index is 234. The monoisotopic (exact) mass is 244 g/mol. The lowest BCUT2D eigenvalue weighted by atomic mass is 10.4. The molecule has 0 bridgehead atoms. The average molecular weight is 244 g/mol. The highest BCUT2D eigenvalue weighted by molar-refractivity contribution is 6.71. The molecule has 1 aliphatic heterocycles. The van der Waals surface area contributed by atoms with Crippen molar-refractivity contribution >= 4 is 14.3 Å². The number of nitrogens with one attached hydrogen (secondary N) is 1. The van der Waals surface area contributed by atoms with E-state index in [9.17, 15) is 4.79 Å². The topological polar surface area (TPSA) is 41.6 Å². The van der Waals surface area contributed by atoms with Crippen molar-refractivity contribution in [1.82, 2.24) is 10.2 Å². The van der Waals surface area contributed by atoms with Crippen LogP contribution in [0.15, 0.2) is 0 Å². The molecule has 0 aromatic carbocycles. The molecule has 1 aliphatic rings. The van der Waals surface area contributed by atoms with E-state index < -0.39 is 8.32 Å². The van der Waals surface area contributed by atoms with Gasteiger partial charge in [-0.25, -0.2) is 4.79 Å². The van der Waals surface area contributed by atoms with Crippen LogP contribution in [-0.4, -0.2) is 45.5 Å². The number of hydrogen-bond donors (Lipinski definition) is 1. The van der Waals surface area contributed by atoms with Crippen LogP contribution in [0, 0.1) is 0 Å². The first-order chi connectivity index (χ1) is 7.55. The van der Waals surface area contributed by atoms with Crippen LogP contribution in [0.3, 0.4) is 0 Å². The summed E-state index contributed by atoms with van der Waals surface area (Å²) >= 11 is 0. The van der Waals surface area contributed by atoms with Gasteiger partial charge in [-0.15, -0.1) is 0 Å². The van der Waals surface area contributed by atoms with Gasteiger partial charge in [0.05, 0.1) is 0 Å². The number of rotatable bonds is 7. The van der Waals surface area contributed by atoms with E-state index in [-0.39, 0.29) is 6.03 Å². The lowest BCUT2D eigenvalue weighted by molar-refractivity contribution is 0.217. The Kier molecular flexibility index (Phi) is 5.28. The Morgan fingerprint density at radius 2 is 2.25 bits per heavy atom. The Balaban J connectivity index is 2.16. The second-order valence-electron chi connectivity index (χ2n) is 4.93. The molecule has 94 valence electrons. The van der Waals surface area contributed by atoms with E-state index in [1.807, 2.05) is 4.90 Å². The van der Waals surface area contributed by atoms with E-state index >= 15 is 0 Å². The van der Waals surface area contributed by atoms with Gasteiger partial charge in [-0.2, -0.15) is 0 Å². The molecule has 1 saturated heterocycles. The minimum atomic E-state index is -1.48. The predicted octanol–water partition coefficient (Wildman–Crippen LogP) is 2.03. The first kappa shape index (κ1) is 13.5. The van der Waals surface area contributed by atoms with Gasteiger partial charge in [-0.1, -0.05) is 6.92 Å². The summed E-state index contributed by atoms with van der Waals surface area (Å²) < 4.78 is 5.89. The van der Waals surface area contributed by atoms with Gasteiger partial charge < -0.3 is 14.6 Å². The fourth-order valence-corrected chi connectivity index (χ4v) is 3.78. The molecule has 0 radical (unpaired) electrons. The lowest BCUT2D eigenvalue weighted by Gasteiger charge is -2.23. The zero-order valence-corrected chi connectivity index (χ0v) is 11.7. The van der Waals surface area contributed by atoms with Crippen molar-refractivity contribution < 1.29 is 9.22 Å². The molecule has 2 amide bonds. The van der Waals surface area contributed by atoms with Crippen LogP contribution in [0.5, 0.6) is 0 Å². The molecule has 0 aliphatic carbocycles. The summed E-state index contributed by atoms with van der Waals surface area (Å²) in [6.07, 6.45) is 2.15. The molecule has 4 nitrogen and oxygen atoms in total. The first-order valence-corrected chi connectivity index (χ1v) is 9.33. The maximum absolute atomic E-state index is 11.3. The first-order valence-electron chi connectivity index (χ1n) is 6.22. The second-order valence-corrected chi connectivity index (χ2v) is 9.24. The zero-order valence-electron chi connectivity index (χ0n) is 10.7. The highest BCUT2D eigenvalue weighted by Crippen LogP contribution is 2.15. The van der Waals surface area contributed by atoms with Crippen molar-refractivity contribution in [1.29, 1.82) is 0 Å². The standard InChI is InChI=1S/C11H24N2O2Si/c1-4-9-15-16(2,3)10-5-7-13-8-6-12-11(13)14/h4-10H2,1-3H3,(H,12,14). The van der Waals surface area contributed by atoms with E-state index in [1.165, 1.54) is 0 Å². The van der Waals surface area contributed by atoms with Gasteiger partial charge in [0.1, 0.15) is 0 Å². The quantitative estimate of drug-likeness (QED) is 0.696. The Labute approximate surface area is 99.5 Å². The van der Waals surface area contributed by atoms with Crippen LogP contribution in [0.25, 0.3) is 0 Å². The van der Waals surface area contributed by atoms with Crippen LogP contribution >= 0.6 is 0 Å². The molecule has 0 unspecified atom stereocenters. The minimum absolute atomic E-state index is 0.0916. The smallest absolute Gasteiger partial charge is 0.317 e. The molecule has 0 atom stereocenters. The molecule has 0 spiro atoms. The fourth-order valence-electron chi connectivity index (χ4n) is 1.87. The van der Waals surface area contributed by atoms with Gasteiger partial charge in [-0.3, -0.25) is 0 Å². The van der Waals surface area contributed by atoms with Gasteiger partial charge in [0.2, 0.25) is 0 Å². The molecule has 0 aromatic heterocycles. The van der Waals surface area contributed by atoms with E-state index in [0.717, 1.165) is 45.1 Å². The summed E-state index contributed by atoms with van der Waals surface area (Å²) in [7, 11) is -1.48. The van der Waals surface area contributed by atoms with Crippen molar-refractivity contribution in [3.05, 3.63) is 0 Å². The summed E-state index contributed by atoms with van der Waals surface area (Å²) in [6, 6.07) is 1.23. The Hall–Kier alpha value is -0.553. The molecule has 0 saturated carbocycles. The highest BCUT2D eigenvalue weighted by atomic mass is 28.4. The molecule has 1 heterocycles. The molecular formula is C11H24N2O2Si. The van der Waals surface area contributed by atoms with Crippen molar-refractivity contribution in [2.75, 3.05) is 26.2 Å². The molecule has 1 rings (SSSR count). The third-order valence-corrected chi connectivity index (χ3v) is 5.39. The molecule has 16 heavy (non-hydrogen) atoms. The molecular weight excluding hydrogens is 220 g/mol. The highest BCUT2D eigenvalue weighted by Gasteiger charge is 2.24. The van der Waals surface area contributed by atoms with Crippen LogP contribution in [0.1, 0.15) is 19.8 Å². The van der Waals surface area contributed by atoms with Crippen LogP contribution in [0.4, 0.5) is 4.79 Å². The average Bonchev–Trinajstić information content (AvgIpc) is 2.62. The van der Waals surface area contributed by atoms with Crippen molar-refractivity contribution in [3.8, 4) is 0 Å². The van der Waals surface area contributed by atoms with Crippen molar-refractivity contribution in [2.45, 2.75) is 38.9 Å². The van der Waals surface area contributed by atoms with E-state index in [0.29, 0.717) is 0 Å². The number of carbonyl (C=O) groups excluding carboxylic acids is 1. The van der Waals surface area contributed by atoms with Gasteiger partial charge in [-0.05, 0) is 32.0 Å².